The van der Waals surface area contributed by atoms with Crippen LogP contribution in [-0.2, 0) is 11.3 Å². The van der Waals surface area contributed by atoms with Gasteiger partial charge in [0.1, 0.15) is 0 Å². The third kappa shape index (κ3) is 4.72. The minimum atomic E-state index is 0.768. The molecule has 1 saturated heterocycles. The summed E-state index contributed by atoms with van der Waals surface area (Å²) in [6.45, 7) is 9.56. The number of nitrogens with one attached hydrogen (secondary N) is 1. The highest BCUT2D eigenvalue weighted by Crippen LogP contribution is 2.27. The van der Waals surface area contributed by atoms with Crippen molar-refractivity contribution in [2.75, 3.05) is 38.3 Å². The van der Waals surface area contributed by atoms with E-state index in [2.05, 4.69) is 42.3 Å². The molecule has 0 spiro atoms. The van der Waals surface area contributed by atoms with Crippen LogP contribution in [0, 0.1) is 12.8 Å². The third-order valence-electron chi connectivity index (χ3n) is 4.47. The van der Waals surface area contributed by atoms with Crippen LogP contribution in [0.25, 0.3) is 0 Å². The number of methoxy groups -OCH3 is 1. The van der Waals surface area contributed by atoms with Gasteiger partial charge in [-0.2, -0.15) is 0 Å². The SMILES string of the molecule is CCCC1CCN(c2ccc(CNCCOC)c(C)c2)C1. The quantitative estimate of drug-likeness (QED) is 0.743. The molecule has 118 valence electrons. The molecule has 1 unspecified atom stereocenters. The van der Waals surface area contributed by atoms with Gasteiger partial charge in [-0.1, -0.05) is 19.4 Å². The number of hydrogen-bond acceptors (Lipinski definition) is 3. The molecule has 0 amide bonds. The van der Waals surface area contributed by atoms with Crippen molar-refractivity contribution in [2.24, 2.45) is 5.92 Å². The second kappa shape index (κ2) is 8.40. The normalized spacial score (nSPS) is 18.4. The topological polar surface area (TPSA) is 24.5 Å². The molecule has 1 N–H and O–H groups in total. The summed E-state index contributed by atoms with van der Waals surface area (Å²) in [6.07, 6.45) is 4.04. The van der Waals surface area contributed by atoms with Gasteiger partial charge in [-0.3, -0.25) is 0 Å². The Morgan fingerprint density at radius 2 is 2.24 bits per heavy atom. The molecule has 21 heavy (non-hydrogen) atoms. The predicted molar refractivity (Wildman–Crippen MR) is 90.0 cm³/mol. The largest absolute Gasteiger partial charge is 0.383 e. The van der Waals surface area contributed by atoms with Crippen molar-refractivity contribution in [3.63, 3.8) is 0 Å². The lowest BCUT2D eigenvalue weighted by atomic mass is 10.0. The zero-order chi connectivity index (χ0) is 15.1. The smallest absolute Gasteiger partial charge is 0.0587 e. The first-order valence-electron chi connectivity index (χ1n) is 8.28. The van der Waals surface area contributed by atoms with E-state index >= 15 is 0 Å². The lowest BCUT2D eigenvalue weighted by Gasteiger charge is -2.20. The van der Waals surface area contributed by atoms with Crippen LogP contribution in [0.15, 0.2) is 18.2 Å². The van der Waals surface area contributed by atoms with Crippen LogP contribution >= 0.6 is 0 Å². The van der Waals surface area contributed by atoms with Gasteiger partial charge in [-0.05, 0) is 48.9 Å². The number of benzene rings is 1. The summed E-state index contributed by atoms with van der Waals surface area (Å²) in [5.41, 5.74) is 4.17. The molecule has 0 bridgehead atoms. The van der Waals surface area contributed by atoms with E-state index in [1.54, 1.807) is 7.11 Å². The average molecular weight is 290 g/mol. The Morgan fingerprint density at radius 3 is 2.95 bits per heavy atom. The Bertz CT molecular complexity index is 433. The van der Waals surface area contributed by atoms with Crippen LogP contribution in [0.2, 0.25) is 0 Å². The van der Waals surface area contributed by atoms with Gasteiger partial charge in [0.05, 0.1) is 6.61 Å². The molecule has 1 aliphatic rings. The molecular weight excluding hydrogens is 260 g/mol. The van der Waals surface area contributed by atoms with E-state index in [1.807, 2.05) is 0 Å². The highest BCUT2D eigenvalue weighted by Gasteiger charge is 2.21. The molecule has 1 aliphatic heterocycles. The molecule has 0 aliphatic carbocycles. The molecule has 1 atom stereocenters. The summed E-state index contributed by atoms with van der Waals surface area (Å²) in [5, 5.41) is 3.42. The number of anilines is 1. The molecule has 0 aromatic heterocycles. The zero-order valence-corrected chi connectivity index (χ0v) is 13.8. The van der Waals surface area contributed by atoms with Crippen LogP contribution in [0.1, 0.15) is 37.3 Å². The molecule has 0 radical (unpaired) electrons. The fraction of sp³-hybridized carbons (Fsp3) is 0.667. The molecule has 1 aromatic rings. The van der Waals surface area contributed by atoms with Gasteiger partial charge in [-0.25, -0.2) is 0 Å². The first-order chi connectivity index (χ1) is 10.2. The maximum atomic E-state index is 5.06. The molecule has 3 nitrogen and oxygen atoms in total. The molecule has 1 heterocycles. The Labute approximate surface area is 129 Å². The minimum absolute atomic E-state index is 0.768. The van der Waals surface area contributed by atoms with Crippen molar-refractivity contribution in [2.45, 2.75) is 39.7 Å². The van der Waals surface area contributed by atoms with Gasteiger partial charge in [0.15, 0.2) is 0 Å². The van der Waals surface area contributed by atoms with Crippen LogP contribution in [0.5, 0.6) is 0 Å². The van der Waals surface area contributed by atoms with Crippen molar-refractivity contribution in [3.05, 3.63) is 29.3 Å². The van der Waals surface area contributed by atoms with E-state index in [0.29, 0.717) is 0 Å². The summed E-state index contributed by atoms with van der Waals surface area (Å²) in [4.78, 5) is 2.55. The Balaban J connectivity index is 1.90. The van der Waals surface area contributed by atoms with Crippen molar-refractivity contribution in [1.29, 1.82) is 0 Å². The van der Waals surface area contributed by atoms with Gasteiger partial charge >= 0.3 is 0 Å². The molecule has 3 heteroatoms. The first kappa shape index (κ1) is 16.3. The van der Waals surface area contributed by atoms with Gasteiger partial charge in [0.25, 0.3) is 0 Å². The predicted octanol–water partition coefficient (Wildman–Crippen LogP) is 3.36. The van der Waals surface area contributed by atoms with E-state index in [9.17, 15) is 0 Å². The summed E-state index contributed by atoms with van der Waals surface area (Å²) < 4.78 is 5.06. The minimum Gasteiger partial charge on any atom is -0.383 e. The summed E-state index contributed by atoms with van der Waals surface area (Å²) in [6, 6.07) is 6.91. The molecule has 0 saturated carbocycles. The monoisotopic (exact) mass is 290 g/mol. The van der Waals surface area contributed by atoms with Gasteiger partial charge in [0, 0.05) is 39.0 Å². The molecule has 1 fully saturated rings. The van der Waals surface area contributed by atoms with Crippen molar-refractivity contribution in [1.82, 2.24) is 5.32 Å². The third-order valence-corrected chi connectivity index (χ3v) is 4.47. The van der Waals surface area contributed by atoms with Crippen LogP contribution in [0.4, 0.5) is 5.69 Å². The highest BCUT2D eigenvalue weighted by atomic mass is 16.5. The second-order valence-corrected chi connectivity index (χ2v) is 6.17. The lowest BCUT2D eigenvalue weighted by molar-refractivity contribution is 0.199. The average Bonchev–Trinajstić information content (AvgIpc) is 2.94. The maximum Gasteiger partial charge on any atom is 0.0587 e. The number of rotatable bonds is 8. The van der Waals surface area contributed by atoms with Crippen LogP contribution in [-0.4, -0.2) is 33.4 Å². The van der Waals surface area contributed by atoms with E-state index in [4.69, 9.17) is 4.74 Å². The van der Waals surface area contributed by atoms with Gasteiger partial charge in [0.2, 0.25) is 0 Å². The van der Waals surface area contributed by atoms with Crippen molar-refractivity contribution in [3.8, 4) is 0 Å². The van der Waals surface area contributed by atoms with Crippen LogP contribution in [0.3, 0.4) is 0 Å². The Hall–Kier alpha value is -1.06. The molecule has 1 aromatic carbocycles. The standard InChI is InChI=1S/C18H30N2O/c1-4-5-16-8-10-20(14-16)18-7-6-17(15(2)12-18)13-19-9-11-21-3/h6-7,12,16,19H,4-5,8-11,13-14H2,1-3H3. The van der Waals surface area contributed by atoms with E-state index in [1.165, 1.54) is 49.2 Å². The van der Waals surface area contributed by atoms with Crippen molar-refractivity contribution >= 4 is 5.69 Å². The number of ether oxygens (including phenoxy) is 1. The first-order valence-corrected chi connectivity index (χ1v) is 8.28. The summed E-state index contributed by atoms with van der Waals surface area (Å²) >= 11 is 0. The lowest BCUT2D eigenvalue weighted by Crippen LogP contribution is -2.21. The van der Waals surface area contributed by atoms with Crippen LogP contribution < -0.4 is 10.2 Å². The number of nitrogens with zero attached hydrogens (tertiary/aromatic N) is 1. The van der Waals surface area contributed by atoms with Crippen molar-refractivity contribution < 1.29 is 4.74 Å². The Morgan fingerprint density at radius 1 is 1.38 bits per heavy atom. The van der Waals surface area contributed by atoms with E-state index in [-0.39, 0.29) is 0 Å². The van der Waals surface area contributed by atoms with E-state index < -0.39 is 0 Å². The summed E-state index contributed by atoms with van der Waals surface area (Å²) in [7, 11) is 1.74. The van der Waals surface area contributed by atoms with Gasteiger partial charge < -0.3 is 15.0 Å². The number of aryl methyl sites for hydroxylation is 1. The second-order valence-electron chi connectivity index (χ2n) is 6.17. The van der Waals surface area contributed by atoms with Gasteiger partial charge in [-0.15, -0.1) is 0 Å². The highest BCUT2D eigenvalue weighted by molar-refractivity contribution is 5.51. The molecular formula is C18H30N2O. The fourth-order valence-electron chi connectivity index (χ4n) is 3.18. The fourth-order valence-corrected chi connectivity index (χ4v) is 3.18. The van der Waals surface area contributed by atoms with E-state index in [0.717, 1.165) is 25.6 Å². The molecule has 2 rings (SSSR count). The Kier molecular flexibility index (Phi) is 6.52. The number of hydrogen-bond donors (Lipinski definition) is 1. The maximum absolute atomic E-state index is 5.06. The zero-order valence-electron chi connectivity index (χ0n) is 13.8. The summed E-state index contributed by atoms with van der Waals surface area (Å²) in [5.74, 6) is 0.894.